The van der Waals surface area contributed by atoms with Crippen LogP contribution in [0, 0.1) is 5.92 Å². The highest BCUT2D eigenvalue weighted by Gasteiger charge is 2.15. The van der Waals surface area contributed by atoms with Gasteiger partial charge in [-0.25, -0.2) is 4.79 Å². The maximum Gasteiger partial charge on any atom is 0.383 e. The van der Waals surface area contributed by atoms with Crippen molar-refractivity contribution >= 4 is 11.0 Å². The second-order valence-corrected chi connectivity index (χ2v) is 5.13. The lowest BCUT2D eigenvalue weighted by atomic mass is 10.1. The molecule has 0 spiro atoms. The minimum atomic E-state index is -0.745. The van der Waals surface area contributed by atoms with E-state index in [0.717, 1.165) is 12.8 Å². The number of rotatable bonds is 5. The monoisotopic (exact) mass is 278 g/mol. The molecule has 0 fully saturated rings. The average molecular weight is 278 g/mol. The van der Waals surface area contributed by atoms with Crippen LogP contribution in [0.3, 0.4) is 0 Å². The normalized spacial score (nSPS) is 11.2. The molecule has 0 saturated carbocycles. The third-order valence-corrected chi connectivity index (χ3v) is 3.00. The molecule has 1 aromatic carbocycles. The van der Waals surface area contributed by atoms with Gasteiger partial charge in [-0.05, 0) is 30.9 Å². The second kappa shape index (κ2) is 5.86. The van der Waals surface area contributed by atoms with Crippen LogP contribution in [0.1, 0.15) is 26.7 Å². The second-order valence-electron chi connectivity index (χ2n) is 5.13. The molecule has 0 bridgehead atoms. The van der Waals surface area contributed by atoms with Crippen molar-refractivity contribution in [1.29, 1.82) is 0 Å². The van der Waals surface area contributed by atoms with Gasteiger partial charge in [-0.1, -0.05) is 13.8 Å². The number of hydrogen-bond donors (Lipinski definition) is 2. The Labute approximate surface area is 116 Å². The number of hydrogen-bond acceptors (Lipinski definition) is 5. The van der Waals surface area contributed by atoms with Gasteiger partial charge in [-0.2, -0.15) is 0 Å². The summed E-state index contributed by atoms with van der Waals surface area (Å²) in [5.74, 6) is 0.0987. The Balaban J connectivity index is 2.25. The van der Waals surface area contributed by atoms with Crippen molar-refractivity contribution in [3.05, 3.63) is 28.6 Å². The zero-order valence-corrected chi connectivity index (χ0v) is 11.5. The molecule has 108 valence electrons. The van der Waals surface area contributed by atoms with Gasteiger partial charge in [-0.15, -0.1) is 0 Å². The molecule has 0 aliphatic carbocycles. The van der Waals surface area contributed by atoms with Crippen LogP contribution < -0.4 is 10.4 Å². The molecule has 20 heavy (non-hydrogen) atoms. The van der Waals surface area contributed by atoms with Gasteiger partial charge in [0, 0.05) is 6.07 Å². The predicted octanol–water partition coefficient (Wildman–Crippen LogP) is 3.02. The average Bonchev–Trinajstić information content (AvgIpc) is 2.36. The summed E-state index contributed by atoms with van der Waals surface area (Å²) in [5, 5.41) is 19.7. The Kier molecular flexibility index (Phi) is 4.17. The quantitative estimate of drug-likeness (QED) is 0.649. The summed E-state index contributed by atoms with van der Waals surface area (Å²) in [7, 11) is 0. The molecule has 2 aromatic rings. The standard InChI is InChI=1S/C15H18O5/c1-9(2)4-3-7-19-14-13(17)11-6-5-10(16)8-12(11)20-15(14)18/h5-6,8-9,16-17H,3-4,7H2,1-2H3. The van der Waals surface area contributed by atoms with Crippen LogP contribution in [0.5, 0.6) is 17.2 Å². The molecule has 0 aliphatic heterocycles. The first-order chi connectivity index (χ1) is 9.49. The van der Waals surface area contributed by atoms with Crippen molar-refractivity contribution in [2.75, 3.05) is 6.61 Å². The molecule has 2 N–H and O–H groups in total. The first kappa shape index (κ1) is 14.2. The topological polar surface area (TPSA) is 79.9 Å². The van der Waals surface area contributed by atoms with Crippen molar-refractivity contribution in [1.82, 2.24) is 0 Å². The van der Waals surface area contributed by atoms with E-state index in [0.29, 0.717) is 17.9 Å². The molecule has 1 aromatic heterocycles. The molecule has 0 atom stereocenters. The lowest BCUT2D eigenvalue weighted by Gasteiger charge is -2.09. The van der Waals surface area contributed by atoms with Gasteiger partial charge in [0.25, 0.3) is 0 Å². The molecule has 0 amide bonds. The number of phenolic OH excluding ortho intramolecular Hbond substituents is 1. The number of aromatic hydroxyl groups is 2. The number of benzene rings is 1. The van der Waals surface area contributed by atoms with E-state index < -0.39 is 5.63 Å². The van der Waals surface area contributed by atoms with Crippen molar-refractivity contribution in [2.24, 2.45) is 5.92 Å². The predicted molar refractivity (Wildman–Crippen MR) is 75.4 cm³/mol. The van der Waals surface area contributed by atoms with Crippen LogP contribution in [0.25, 0.3) is 11.0 Å². The fourth-order valence-electron chi connectivity index (χ4n) is 1.95. The van der Waals surface area contributed by atoms with E-state index >= 15 is 0 Å². The highest BCUT2D eigenvalue weighted by Crippen LogP contribution is 2.32. The maximum atomic E-state index is 11.8. The van der Waals surface area contributed by atoms with Gasteiger partial charge < -0.3 is 19.4 Å². The molecule has 0 aliphatic rings. The van der Waals surface area contributed by atoms with Crippen LogP contribution in [-0.4, -0.2) is 16.8 Å². The number of fused-ring (bicyclic) bond motifs is 1. The van der Waals surface area contributed by atoms with E-state index in [-0.39, 0.29) is 22.8 Å². The van der Waals surface area contributed by atoms with Crippen LogP contribution >= 0.6 is 0 Å². The maximum absolute atomic E-state index is 11.8. The van der Waals surface area contributed by atoms with E-state index in [1.807, 2.05) is 0 Å². The molecule has 5 nitrogen and oxygen atoms in total. The van der Waals surface area contributed by atoms with Crippen LogP contribution in [0.4, 0.5) is 0 Å². The summed E-state index contributed by atoms with van der Waals surface area (Å²) >= 11 is 0. The van der Waals surface area contributed by atoms with E-state index in [1.165, 1.54) is 18.2 Å². The van der Waals surface area contributed by atoms with Crippen LogP contribution in [0.2, 0.25) is 0 Å². The summed E-state index contributed by atoms with van der Waals surface area (Å²) in [4.78, 5) is 11.8. The van der Waals surface area contributed by atoms with E-state index in [1.54, 1.807) is 0 Å². The van der Waals surface area contributed by atoms with Crippen LogP contribution in [0.15, 0.2) is 27.4 Å². The molecule has 0 radical (unpaired) electrons. The summed E-state index contributed by atoms with van der Waals surface area (Å²) < 4.78 is 10.4. The fourth-order valence-corrected chi connectivity index (χ4v) is 1.95. The van der Waals surface area contributed by atoms with Gasteiger partial charge in [0.1, 0.15) is 11.3 Å². The lowest BCUT2D eigenvalue weighted by Crippen LogP contribution is -2.09. The van der Waals surface area contributed by atoms with Crippen molar-refractivity contribution < 1.29 is 19.4 Å². The van der Waals surface area contributed by atoms with Crippen LogP contribution in [-0.2, 0) is 0 Å². The molecule has 2 rings (SSSR count). The first-order valence-corrected chi connectivity index (χ1v) is 6.60. The van der Waals surface area contributed by atoms with Gasteiger partial charge in [0.05, 0.1) is 12.0 Å². The van der Waals surface area contributed by atoms with E-state index in [9.17, 15) is 15.0 Å². The molecule has 5 heteroatoms. The number of phenols is 1. The molecule has 0 unspecified atom stereocenters. The third kappa shape index (κ3) is 3.04. The lowest BCUT2D eigenvalue weighted by molar-refractivity contribution is 0.271. The minimum absolute atomic E-state index is 0.0364. The fraction of sp³-hybridized carbons (Fsp3) is 0.400. The van der Waals surface area contributed by atoms with Gasteiger partial charge >= 0.3 is 5.63 Å². The SMILES string of the molecule is CC(C)CCCOc1c(O)c2ccc(O)cc2oc1=O. The summed E-state index contributed by atoms with van der Waals surface area (Å²) in [6.07, 6.45) is 1.78. The first-order valence-electron chi connectivity index (χ1n) is 6.60. The molecule has 1 heterocycles. The van der Waals surface area contributed by atoms with Gasteiger partial charge in [0.2, 0.25) is 5.75 Å². The van der Waals surface area contributed by atoms with Crippen molar-refractivity contribution in [3.63, 3.8) is 0 Å². The summed E-state index contributed by atoms with van der Waals surface area (Å²) in [6, 6.07) is 4.16. The van der Waals surface area contributed by atoms with Crippen molar-refractivity contribution in [2.45, 2.75) is 26.7 Å². The molecular weight excluding hydrogens is 260 g/mol. The summed E-state index contributed by atoms with van der Waals surface area (Å²) in [5.41, 5.74) is -0.618. The Morgan fingerprint density at radius 2 is 2.05 bits per heavy atom. The number of ether oxygens (including phenoxy) is 1. The Morgan fingerprint density at radius 1 is 1.30 bits per heavy atom. The Morgan fingerprint density at radius 3 is 2.75 bits per heavy atom. The zero-order valence-electron chi connectivity index (χ0n) is 11.5. The highest BCUT2D eigenvalue weighted by atomic mass is 16.5. The highest BCUT2D eigenvalue weighted by molar-refractivity contribution is 5.86. The van der Waals surface area contributed by atoms with Gasteiger partial charge in [-0.3, -0.25) is 0 Å². The smallest absolute Gasteiger partial charge is 0.383 e. The van der Waals surface area contributed by atoms with E-state index in [4.69, 9.17) is 9.15 Å². The minimum Gasteiger partial charge on any atom is -0.508 e. The molecular formula is C15H18O5. The summed E-state index contributed by atoms with van der Waals surface area (Å²) in [6.45, 7) is 4.56. The van der Waals surface area contributed by atoms with Gasteiger partial charge in [0.15, 0.2) is 5.75 Å². The Hall–Kier alpha value is -2.17. The molecule has 0 saturated heterocycles. The Bertz CT molecular complexity index is 657. The zero-order chi connectivity index (χ0) is 14.7. The van der Waals surface area contributed by atoms with E-state index in [2.05, 4.69) is 13.8 Å². The largest absolute Gasteiger partial charge is 0.508 e. The third-order valence-electron chi connectivity index (χ3n) is 3.00. The van der Waals surface area contributed by atoms with Crippen molar-refractivity contribution in [3.8, 4) is 17.2 Å².